The first-order valence-corrected chi connectivity index (χ1v) is 6.34. The maximum Gasteiger partial charge on any atom is 0.251 e. The number of anilines is 2. The molecule has 4 N–H and O–H groups in total. The van der Waals surface area contributed by atoms with Crippen LogP contribution < -0.4 is 16.4 Å². The van der Waals surface area contributed by atoms with Gasteiger partial charge in [-0.05, 0) is 50.8 Å². The molecular formula is C14H21N3O. The Morgan fingerprint density at radius 2 is 2.06 bits per heavy atom. The van der Waals surface area contributed by atoms with Crippen molar-refractivity contribution < 1.29 is 4.79 Å². The van der Waals surface area contributed by atoms with Gasteiger partial charge in [0.15, 0.2) is 0 Å². The van der Waals surface area contributed by atoms with Crippen molar-refractivity contribution in [1.29, 1.82) is 0 Å². The SMILES string of the molecule is CNC(=O)c1ccc(N)c(NC(C)(C)C2CC2)c1. The van der Waals surface area contributed by atoms with Gasteiger partial charge >= 0.3 is 0 Å². The second kappa shape index (κ2) is 4.52. The summed E-state index contributed by atoms with van der Waals surface area (Å²) in [7, 11) is 1.62. The molecule has 1 saturated carbocycles. The number of carbonyl (C=O) groups is 1. The Hall–Kier alpha value is -1.71. The second-order valence-corrected chi connectivity index (χ2v) is 5.50. The molecule has 0 aliphatic heterocycles. The third-order valence-electron chi connectivity index (χ3n) is 3.60. The van der Waals surface area contributed by atoms with Crippen LogP contribution in [0.15, 0.2) is 18.2 Å². The van der Waals surface area contributed by atoms with E-state index < -0.39 is 0 Å². The minimum absolute atomic E-state index is 0.0232. The van der Waals surface area contributed by atoms with Crippen LogP contribution in [-0.2, 0) is 0 Å². The molecule has 1 amide bonds. The van der Waals surface area contributed by atoms with Crippen LogP contribution >= 0.6 is 0 Å². The average molecular weight is 247 g/mol. The number of rotatable bonds is 4. The summed E-state index contributed by atoms with van der Waals surface area (Å²) in [6.45, 7) is 4.35. The molecule has 98 valence electrons. The van der Waals surface area contributed by atoms with Gasteiger partial charge in [-0.15, -0.1) is 0 Å². The van der Waals surface area contributed by atoms with Gasteiger partial charge in [0.1, 0.15) is 0 Å². The molecule has 1 aromatic rings. The van der Waals surface area contributed by atoms with Crippen LogP contribution in [0.3, 0.4) is 0 Å². The lowest BCUT2D eigenvalue weighted by atomic mass is 9.97. The van der Waals surface area contributed by atoms with Crippen molar-refractivity contribution >= 4 is 17.3 Å². The van der Waals surface area contributed by atoms with Crippen LogP contribution in [0.25, 0.3) is 0 Å². The normalized spacial score (nSPS) is 15.3. The molecule has 0 spiro atoms. The molecule has 1 aromatic carbocycles. The van der Waals surface area contributed by atoms with E-state index in [9.17, 15) is 4.79 Å². The number of benzene rings is 1. The van der Waals surface area contributed by atoms with E-state index in [-0.39, 0.29) is 11.4 Å². The molecule has 2 rings (SSSR count). The molecule has 0 unspecified atom stereocenters. The van der Waals surface area contributed by atoms with E-state index in [0.717, 1.165) is 5.69 Å². The lowest BCUT2D eigenvalue weighted by molar-refractivity contribution is 0.0963. The van der Waals surface area contributed by atoms with Crippen molar-refractivity contribution in [3.63, 3.8) is 0 Å². The zero-order valence-corrected chi connectivity index (χ0v) is 11.2. The van der Waals surface area contributed by atoms with E-state index in [1.54, 1.807) is 19.2 Å². The number of amides is 1. The third-order valence-corrected chi connectivity index (χ3v) is 3.60. The predicted octanol–water partition coefficient (Wildman–Crippen LogP) is 2.23. The Kier molecular flexibility index (Phi) is 3.20. The summed E-state index contributed by atoms with van der Waals surface area (Å²) >= 11 is 0. The average Bonchev–Trinajstić information content (AvgIpc) is 3.15. The minimum atomic E-state index is -0.0951. The maximum absolute atomic E-state index is 11.6. The summed E-state index contributed by atoms with van der Waals surface area (Å²) in [4.78, 5) is 11.6. The van der Waals surface area contributed by atoms with E-state index in [4.69, 9.17) is 5.73 Å². The van der Waals surface area contributed by atoms with Crippen LogP contribution in [0.1, 0.15) is 37.0 Å². The quantitative estimate of drug-likeness (QED) is 0.715. The molecule has 4 heteroatoms. The topological polar surface area (TPSA) is 67.2 Å². The lowest BCUT2D eigenvalue weighted by Gasteiger charge is -2.28. The summed E-state index contributed by atoms with van der Waals surface area (Å²) in [5, 5.41) is 6.08. The van der Waals surface area contributed by atoms with E-state index in [0.29, 0.717) is 17.2 Å². The Labute approximate surface area is 108 Å². The van der Waals surface area contributed by atoms with Crippen LogP contribution in [0.5, 0.6) is 0 Å². The van der Waals surface area contributed by atoms with E-state index in [1.165, 1.54) is 12.8 Å². The predicted molar refractivity (Wildman–Crippen MR) is 74.7 cm³/mol. The van der Waals surface area contributed by atoms with Gasteiger partial charge in [0.2, 0.25) is 0 Å². The van der Waals surface area contributed by atoms with Gasteiger partial charge in [0.25, 0.3) is 5.91 Å². The van der Waals surface area contributed by atoms with Crippen molar-refractivity contribution in [2.45, 2.75) is 32.2 Å². The minimum Gasteiger partial charge on any atom is -0.397 e. The van der Waals surface area contributed by atoms with E-state index in [2.05, 4.69) is 24.5 Å². The number of hydrogen-bond acceptors (Lipinski definition) is 3. The molecule has 1 fully saturated rings. The number of nitrogen functional groups attached to an aromatic ring is 1. The van der Waals surface area contributed by atoms with Crippen molar-refractivity contribution in [3.8, 4) is 0 Å². The van der Waals surface area contributed by atoms with Gasteiger partial charge in [-0.25, -0.2) is 0 Å². The van der Waals surface area contributed by atoms with E-state index in [1.807, 2.05) is 6.07 Å². The fraction of sp³-hybridized carbons (Fsp3) is 0.500. The van der Waals surface area contributed by atoms with Gasteiger partial charge in [-0.1, -0.05) is 0 Å². The molecule has 0 saturated heterocycles. The monoisotopic (exact) mass is 247 g/mol. The first-order valence-electron chi connectivity index (χ1n) is 6.34. The molecule has 0 heterocycles. The summed E-state index contributed by atoms with van der Waals surface area (Å²) in [6, 6.07) is 5.33. The smallest absolute Gasteiger partial charge is 0.251 e. The Morgan fingerprint density at radius 1 is 1.39 bits per heavy atom. The van der Waals surface area contributed by atoms with Crippen molar-refractivity contribution in [2.75, 3.05) is 18.1 Å². The molecule has 0 bridgehead atoms. The summed E-state index contributed by atoms with van der Waals surface area (Å²) in [5.74, 6) is 0.600. The van der Waals surface area contributed by atoms with Gasteiger partial charge in [-0.2, -0.15) is 0 Å². The first-order chi connectivity index (χ1) is 8.44. The maximum atomic E-state index is 11.6. The Balaban J connectivity index is 2.23. The van der Waals surface area contributed by atoms with Crippen molar-refractivity contribution in [2.24, 2.45) is 5.92 Å². The van der Waals surface area contributed by atoms with Gasteiger partial charge in [0, 0.05) is 18.2 Å². The van der Waals surface area contributed by atoms with E-state index >= 15 is 0 Å². The number of nitrogens with two attached hydrogens (primary N) is 1. The standard InChI is InChI=1S/C14H21N3O/c1-14(2,10-5-6-10)17-12-8-9(13(18)16-3)4-7-11(12)15/h4,7-8,10,17H,5-6,15H2,1-3H3,(H,16,18). The highest BCUT2D eigenvalue weighted by molar-refractivity contribution is 5.96. The Morgan fingerprint density at radius 3 is 2.61 bits per heavy atom. The number of carbonyl (C=O) groups excluding carboxylic acids is 1. The second-order valence-electron chi connectivity index (χ2n) is 5.50. The van der Waals surface area contributed by atoms with Crippen LogP contribution in [-0.4, -0.2) is 18.5 Å². The zero-order valence-electron chi connectivity index (χ0n) is 11.2. The van der Waals surface area contributed by atoms with Gasteiger partial charge in [0.05, 0.1) is 11.4 Å². The molecule has 0 atom stereocenters. The fourth-order valence-electron chi connectivity index (χ4n) is 2.20. The largest absolute Gasteiger partial charge is 0.397 e. The number of hydrogen-bond donors (Lipinski definition) is 3. The summed E-state index contributed by atoms with van der Waals surface area (Å²) < 4.78 is 0. The highest BCUT2D eigenvalue weighted by Gasteiger charge is 2.37. The summed E-state index contributed by atoms with van der Waals surface area (Å²) in [5.41, 5.74) is 8.13. The zero-order chi connectivity index (χ0) is 13.3. The van der Waals surface area contributed by atoms with Crippen LogP contribution in [0.2, 0.25) is 0 Å². The van der Waals surface area contributed by atoms with Crippen LogP contribution in [0, 0.1) is 5.92 Å². The van der Waals surface area contributed by atoms with Gasteiger partial charge < -0.3 is 16.4 Å². The van der Waals surface area contributed by atoms with Crippen molar-refractivity contribution in [3.05, 3.63) is 23.8 Å². The van der Waals surface area contributed by atoms with Crippen LogP contribution in [0.4, 0.5) is 11.4 Å². The third kappa shape index (κ3) is 2.58. The molecule has 0 radical (unpaired) electrons. The van der Waals surface area contributed by atoms with Gasteiger partial charge in [-0.3, -0.25) is 4.79 Å². The first kappa shape index (κ1) is 12.7. The number of nitrogens with one attached hydrogen (secondary N) is 2. The lowest BCUT2D eigenvalue weighted by Crippen LogP contribution is -2.33. The molecule has 4 nitrogen and oxygen atoms in total. The highest BCUT2D eigenvalue weighted by atomic mass is 16.1. The van der Waals surface area contributed by atoms with Crippen molar-refractivity contribution in [1.82, 2.24) is 5.32 Å². The summed E-state index contributed by atoms with van der Waals surface area (Å²) in [6.07, 6.45) is 2.52. The fourth-order valence-corrected chi connectivity index (χ4v) is 2.20. The molecule has 1 aliphatic carbocycles. The molecule has 0 aromatic heterocycles. The molecule has 1 aliphatic rings. The Bertz CT molecular complexity index is 464. The molecular weight excluding hydrogens is 226 g/mol. The molecule has 18 heavy (non-hydrogen) atoms. The highest BCUT2D eigenvalue weighted by Crippen LogP contribution is 2.41.